The molecule has 0 aliphatic heterocycles. The summed E-state index contributed by atoms with van der Waals surface area (Å²) in [5.41, 5.74) is 13.4. The Labute approximate surface area is 93.1 Å². The molecule has 0 saturated heterocycles. The van der Waals surface area contributed by atoms with E-state index in [0.717, 1.165) is 11.0 Å². The van der Waals surface area contributed by atoms with Gasteiger partial charge < -0.3 is 5.73 Å². The largest absolute Gasteiger partial charge is 0.398 e. The molecule has 1 aromatic rings. The highest BCUT2D eigenvalue weighted by molar-refractivity contribution is 9.09. The van der Waals surface area contributed by atoms with Gasteiger partial charge in [0.05, 0.1) is 0 Å². The van der Waals surface area contributed by atoms with Gasteiger partial charge in [0.15, 0.2) is 0 Å². The van der Waals surface area contributed by atoms with Gasteiger partial charge in [0.2, 0.25) is 0 Å². The van der Waals surface area contributed by atoms with Gasteiger partial charge in [0.1, 0.15) is 0 Å². The third kappa shape index (κ3) is 1.21. The number of hydrogen-bond acceptors (Lipinski definition) is 1. The van der Waals surface area contributed by atoms with Crippen LogP contribution in [-0.2, 0) is 0 Å². The van der Waals surface area contributed by atoms with Gasteiger partial charge in [-0.05, 0) is 42.2 Å². The highest BCUT2D eigenvalue weighted by Crippen LogP contribution is 2.53. The van der Waals surface area contributed by atoms with Crippen LogP contribution in [-0.4, -0.2) is 5.33 Å². The van der Waals surface area contributed by atoms with Gasteiger partial charge in [-0.1, -0.05) is 28.1 Å². The number of anilines is 1. The molecule has 0 radical (unpaired) electrons. The van der Waals surface area contributed by atoms with Crippen LogP contribution in [0.1, 0.15) is 28.2 Å². The first-order valence-electron chi connectivity index (χ1n) is 4.71. The van der Waals surface area contributed by atoms with Crippen LogP contribution in [0.5, 0.6) is 0 Å². The summed E-state index contributed by atoms with van der Waals surface area (Å²) in [5, 5.41) is 0.866. The Kier molecular flexibility index (Phi) is 2.18. The van der Waals surface area contributed by atoms with Gasteiger partial charge in [-0.15, -0.1) is 0 Å². The maximum atomic E-state index is 5.92. The molecule has 1 aliphatic carbocycles. The highest BCUT2D eigenvalue weighted by Gasteiger charge is 2.38. The molecule has 1 aromatic carbocycles. The molecule has 0 spiro atoms. The van der Waals surface area contributed by atoms with E-state index in [0.29, 0.717) is 5.92 Å². The maximum absolute atomic E-state index is 5.92. The lowest BCUT2D eigenvalue weighted by atomic mass is 10.1. The van der Waals surface area contributed by atoms with E-state index in [1.54, 1.807) is 0 Å². The minimum Gasteiger partial charge on any atom is -0.398 e. The zero-order valence-corrected chi connectivity index (χ0v) is 10.1. The van der Waals surface area contributed by atoms with Crippen molar-refractivity contribution in [1.29, 1.82) is 0 Å². The fourth-order valence-electron chi connectivity index (χ4n) is 2.14. The number of fused-ring (bicyclic) bond motifs is 1. The monoisotopic (exact) mass is 251 g/mol. The summed E-state index contributed by atoms with van der Waals surface area (Å²) in [6.07, 6.45) is 0. The molecule has 1 unspecified atom stereocenters. The summed E-state index contributed by atoms with van der Waals surface area (Å²) in [4.78, 5) is 0. The topological polar surface area (TPSA) is 26.0 Å². The van der Waals surface area contributed by atoms with Crippen molar-refractivity contribution in [3.05, 3.63) is 40.5 Å². The van der Waals surface area contributed by atoms with Crippen LogP contribution in [0.3, 0.4) is 0 Å². The van der Waals surface area contributed by atoms with E-state index in [4.69, 9.17) is 5.73 Å². The quantitative estimate of drug-likeness (QED) is 0.488. The Morgan fingerprint density at radius 1 is 1.50 bits per heavy atom. The Morgan fingerprint density at radius 3 is 2.71 bits per heavy atom. The van der Waals surface area contributed by atoms with E-state index in [-0.39, 0.29) is 0 Å². The van der Waals surface area contributed by atoms with Crippen LogP contribution in [0.25, 0.3) is 0 Å². The van der Waals surface area contributed by atoms with E-state index in [9.17, 15) is 0 Å². The number of aryl methyl sites for hydroxylation is 1. The van der Waals surface area contributed by atoms with Crippen molar-refractivity contribution >= 4 is 21.6 Å². The zero-order chi connectivity index (χ0) is 10.5. The second-order valence-corrected chi connectivity index (χ2v) is 4.52. The molecule has 2 N–H and O–H groups in total. The third-order valence-corrected chi connectivity index (χ3v) is 3.72. The first-order chi connectivity index (χ1) is 6.57. The van der Waals surface area contributed by atoms with Gasteiger partial charge in [0.25, 0.3) is 0 Å². The van der Waals surface area contributed by atoms with E-state index in [1.807, 2.05) is 0 Å². The molecule has 74 valence electrons. The third-order valence-electron chi connectivity index (χ3n) is 3.00. The van der Waals surface area contributed by atoms with E-state index in [1.165, 1.54) is 27.8 Å². The molecule has 14 heavy (non-hydrogen) atoms. The van der Waals surface area contributed by atoms with Gasteiger partial charge in [-0.3, -0.25) is 0 Å². The predicted octanol–water partition coefficient (Wildman–Crippen LogP) is 3.28. The fourth-order valence-corrected chi connectivity index (χ4v) is 2.46. The summed E-state index contributed by atoms with van der Waals surface area (Å²) in [5.74, 6) is 0.465. The van der Waals surface area contributed by atoms with Crippen LogP contribution in [0, 0.1) is 13.8 Å². The summed E-state index contributed by atoms with van der Waals surface area (Å²) in [6.45, 7) is 8.29. The average Bonchev–Trinajstić information content (AvgIpc) is 2.88. The van der Waals surface area contributed by atoms with Crippen LogP contribution in [0.4, 0.5) is 5.69 Å². The Bertz CT molecular complexity index is 421. The molecule has 0 bridgehead atoms. The molecule has 1 aliphatic rings. The number of nitrogens with two attached hydrogens (primary N) is 1. The number of hydrogen-bond donors (Lipinski definition) is 1. The summed E-state index contributed by atoms with van der Waals surface area (Å²) in [6, 6.07) is 2.07. The standard InChI is InChI=1S/C12H14BrN/c1-6-4-9(14)8(3)12-10(6)11(12)7(2)5-13/h4,11H,2,5,14H2,1,3H3. The normalized spacial score (nSPS) is 17.8. The molecular weight excluding hydrogens is 238 g/mol. The molecule has 0 heterocycles. The summed E-state index contributed by atoms with van der Waals surface area (Å²) in [7, 11) is 0. The van der Waals surface area contributed by atoms with Crippen molar-refractivity contribution in [1.82, 2.24) is 0 Å². The molecule has 0 amide bonds. The maximum Gasteiger partial charge on any atom is 0.0349 e. The van der Waals surface area contributed by atoms with E-state index < -0.39 is 0 Å². The summed E-state index contributed by atoms with van der Waals surface area (Å²) < 4.78 is 0. The number of alkyl halides is 1. The lowest BCUT2D eigenvalue weighted by Crippen LogP contribution is -1.89. The second-order valence-electron chi connectivity index (χ2n) is 3.96. The van der Waals surface area contributed by atoms with Gasteiger partial charge in [0, 0.05) is 16.9 Å². The van der Waals surface area contributed by atoms with Crippen molar-refractivity contribution in [2.75, 3.05) is 11.1 Å². The minimum absolute atomic E-state index is 0.465. The van der Waals surface area contributed by atoms with Crippen LogP contribution in [0.2, 0.25) is 0 Å². The first-order valence-corrected chi connectivity index (χ1v) is 5.83. The lowest BCUT2D eigenvalue weighted by Gasteiger charge is -1.98. The predicted molar refractivity (Wildman–Crippen MR) is 65.1 cm³/mol. The molecule has 0 saturated carbocycles. The number of rotatable bonds is 2. The van der Waals surface area contributed by atoms with E-state index in [2.05, 4.69) is 42.4 Å². The van der Waals surface area contributed by atoms with Crippen LogP contribution >= 0.6 is 15.9 Å². The highest BCUT2D eigenvalue weighted by atomic mass is 79.9. The van der Waals surface area contributed by atoms with Crippen LogP contribution < -0.4 is 5.73 Å². The average molecular weight is 252 g/mol. The molecule has 2 rings (SSSR count). The lowest BCUT2D eigenvalue weighted by molar-refractivity contribution is 1.16. The van der Waals surface area contributed by atoms with Crippen molar-refractivity contribution in [3.63, 3.8) is 0 Å². The zero-order valence-electron chi connectivity index (χ0n) is 8.52. The van der Waals surface area contributed by atoms with Crippen molar-refractivity contribution < 1.29 is 0 Å². The Balaban J connectivity index is 2.47. The number of benzene rings is 1. The number of nitrogen functional groups attached to an aromatic ring is 1. The molecule has 2 heteroatoms. The molecular formula is C12H14BrN. The van der Waals surface area contributed by atoms with Crippen molar-refractivity contribution in [2.24, 2.45) is 0 Å². The number of halogens is 1. The Morgan fingerprint density at radius 2 is 2.14 bits per heavy atom. The number of allylic oxidation sites excluding steroid dienone is 1. The first kappa shape index (κ1) is 9.78. The smallest absolute Gasteiger partial charge is 0.0349 e. The van der Waals surface area contributed by atoms with Gasteiger partial charge >= 0.3 is 0 Å². The molecule has 0 aromatic heterocycles. The van der Waals surface area contributed by atoms with Gasteiger partial charge in [-0.25, -0.2) is 0 Å². The fraction of sp³-hybridized carbons (Fsp3) is 0.333. The van der Waals surface area contributed by atoms with E-state index >= 15 is 0 Å². The Hall–Kier alpha value is -0.760. The van der Waals surface area contributed by atoms with Crippen molar-refractivity contribution in [2.45, 2.75) is 19.8 Å². The van der Waals surface area contributed by atoms with Crippen molar-refractivity contribution in [3.8, 4) is 0 Å². The SMILES string of the molecule is C=C(CBr)C1c2c(C)cc(N)c(C)c21. The summed E-state index contributed by atoms with van der Waals surface area (Å²) >= 11 is 3.45. The molecule has 1 nitrogen and oxygen atoms in total. The molecule has 1 atom stereocenters. The minimum atomic E-state index is 0.465. The van der Waals surface area contributed by atoms with Gasteiger partial charge in [-0.2, -0.15) is 0 Å². The second kappa shape index (κ2) is 3.13. The molecule has 0 fully saturated rings. The van der Waals surface area contributed by atoms with Crippen LogP contribution in [0.15, 0.2) is 18.2 Å².